The number of rotatable bonds is 3. The Morgan fingerprint density at radius 3 is 2.50 bits per heavy atom. The van der Waals surface area contributed by atoms with E-state index in [2.05, 4.69) is 0 Å². The van der Waals surface area contributed by atoms with Crippen LogP contribution in [0.15, 0.2) is 12.1 Å². The van der Waals surface area contributed by atoms with Gasteiger partial charge in [-0.3, -0.25) is 0 Å². The Hall–Kier alpha value is -0.730. The SMILES string of the molecule is CCc1cc(Cl)cc(CC(C)N)c1O. The minimum atomic E-state index is 0.0315. The highest BCUT2D eigenvalue weighted by molar-refractivity contribution is 6.30. The van der Waals surface area contributed by atoms with Crippen molar-refractivity contribution in [2.24, 2.45) is 5.73 Å². The van der Waals surface area contributed by atoms with Crippen molar-refractivity contribution in [2.45, 2.75) is 32.7 Å². The monoisotopic (exact) mass is 213 g/mol. The third kappa shape index (κ3) is 2.63. The highest BCUT2D eigenvalue weighted by Crippen LogP contribution is 2.28. The second-order valence-electron chi connectivity index (χ2n) is 3.61. The van der Waals surface area contributed by atoms with E-state index in [-0.39, 0.29) is 6.04 Å². The van der Waals surface area contributed by atoms with Gasteiger partial charge in [-0.05, 0) is 43.0 Å². The van der Waals surface area contributed by atoms with Crippen molar-refractivity contribution in [2.75, 3.05) is 0 Å². The van der Waals surface area contributed by atoms with E-state index in [1.165, 1.54) is 0 Å². The van der Waals surface area contributed by atoms with Crippen LogP contribution in [0, 0.1) is 0 Å². The molecule has 78 valence electrons. The molecule has 3 heteroatoms. The molecular formula is C11H16ClNO. The molecule has 0 bridgehead atoms. The molecule has 0 aromatic heterocycles. The fourth-order valence-electron chi connectivity index (χ4n) is 1.49. The van der Waals surface area contributed by atoms with Gasteiger partial charge in [0.2, 0.25) is 0 Å². The quantitative estimate of drug-likeness (QED) is 0.811. The average Bonchev–Trinajstić information content (AvgIpc) is 2.09. The number of hydrogen-bond donors (Lipinski definition) is 2. The van der Waals surface area contributed by atoms with Crippen molar-refractivity contribution >= 4 is 11.6 Å². The van der Waals surface area contributed by atoms with Gasteiger partial charge in [0.15, 0.2) is 0 Å². The zero-order valence-electron chi connectivity index (χ0n) is 8.55. The van der Waals surface area contributed by atoms with Crippen LogP contribution in [0.2, 0.25) is 5.02 Å². The molecule has 1 unspecified atom stereocenters. The number of benzene rings is 1. The van der Waals surface area contributed by atoms with E-state index in [1.54, 1.807) is 12.1 Å². The van der Waals surface area contributed by atoms with Gasteiger partial charge in [0.25, 0.3) is 0 Å². The summed E-state index contributed by atoms with van der Waals surface area (Å²) in [6, 6.07) is 3.60. The molecule has 0 saturated heterocycles. The highest BCUT2D eigenvalue weighted by atomic mass is 35.5. The van der Waals surface area contributed by atoms with Gasteiger partial charge in [0.05, 0.1) is 0 Å². The zero-order valence-corrected chi connectivity index (χ0v) is 9.30. The minimum Gasteiger partial charge on any atom is -0.507 e. The fraction of sp³-hybridized carbons (Fsp3) is 0.455. The Labute approximate surface area is 89.7 Å². The third-order valence-electron chi connectivity index (χ3n) is 2.16. The topological polar surface area (TPSA) is 46.2 Å². The van der Waals surface area contributed by atoms with Gasteiger partial charge in [-0.25, -0.2) is 0 Å². The van der Waals surface area contributed by atoms with Gasteiger partial charge in [0.1, 0.15) is 5.75 Å². The number of nitrogens with two attached hydrogens (primary N) is 1. The number of hydrogen-bond acceptors (Lipinski definition) is 2. The number of phenols is 1. The summed E-state index contributed by atoms with van der Waals surface area (Å²) >= 11 is 5.93. The molecule has 1 aromatic carbocycles. The summed E-state index contributed by atoms with van der Waals surface area (Å²) in [7, 11) is 0. The number of aromatic hydroxyl groups is 1. The maximum atomic E-state index is 9.85. The second kappa shape index (κ2) is 4.67. The zero-order chi connectivity index (χ0) is 10.7. The van der Waals surface area contributed by atoms with Crippen LogP contribution in [-0.4, -0.2) is 11.1 Å². The average molecular weight is 214 g/mol. The van der Waals surface area contributed by atoms with Crippen molar-refractivity contribution in [3.8, 4) is 5.75 Å². The molecule has 3 N–H and O–H groups in total. The standard InChI is InChI=1S/C11H16ClNO/c1-3-8-5-10(12)6-9(11(8)14)4-7(2)13/h5-7,14H,3-4,13H2,1-2H3. The molecule has 2 nitrogen and oxygen atoms in total. The summed E-state index contributed by atoms with van der Waals surface area (Å²) in [4.78, 5) is 0. The van der Waals surface area contributed by atoms with Crippen molar-refractivity contribution < 1.29 is 5.11 Å². The van der Waals surface area contributed by atoms with Gasteiger partial charge in [-0.1, -0.05) is 18.5 Å². The normalized spacial score (nSPS) is 12.9. The number of aryl methyl sites for hydroxylation is 1. The van der Waals surface area contributed by atoms with Gasteiger partial charge < -0.3 is 10.8 Å². The van der Waals surface area contributed by atoms with Crippen LogP contribution in [-0.2, 0) is 12.8 Å². The predicted octanol–water partition coefficient (Wildman–Crippen LogP) is 2.50. The Balaban J connectivity index is 3.08. The first-order valence-corrected chi connectivity index (χ1v) is 5.18. The third-order valence-corrected chi connectivity index (χ3v) is 2.37. The van der Waals surface area contributed by atoms with Crippen molar-refractivity contribution in [3.63, 3.8) is 0 Å². The maximum Gasteiger partial charge on any atom is 0.122 e. The van der Waals surface area contributed by atoms with Gasteiger partial charge in [0, 0.05) is 11.1 Å². The van der Waals surface area contributed by atoms with Crippen molar-refractivity contribution in [1.82, 2.24) is 0 Å². The Morgan fingerprint density at radius 2 is 2.00 bits per heavy atom. The van der Waals surface area contributed by atoms with Gasteiger partial charge >= 0.3 is 0 Å². The molecule has 1 aromatic rings. The summed E-state index contributed by atoms with van der Waals surface area (Å²) in [5.74, 6) is 0.342. The summed E-state index contributed by atoms with van der Waals surface area (Å²) in [6.45, 7) is 3.90. The summed E-state index contributed by atoms with van der Waals surface area (Å²) in [5.41, 5.74) is 7.40. The number of halogens is 1. The van der Waals surface area contributed by atoms with Crippen LogP contribution in [0.25, 0.3) is 0 Å². The molecule has 0 amide bonds. The van der Waals surface area contributed by atoms with Crippen LogP contribution < -0.4 is 5.73 Å². The summed E-state index contributed by atoms with van der Waals surface area (Å²) in [5, 5.41) is 10.5. The van der Waals surface area contributed by atoms with E-state index >= 15 is 0 Å². The second-order valence-corrected chi connectivity index (χ2v) is 4.04. The molecule has 0 aliphatic rings. The number of phenolic OH excluding ortho intramolecular Hbond substituents is 1. The first-order valence-electron chi connectivity index (χ1n) is 4.80. The van der Waals surface area contributed by atoms with Crippen LogP contribution in [0.5, 0.6) is 5.75 Å². The van der Waals surface area contributed by atoms with E-state index < -0.39 is 0 Å². The molecule has 0 saturated carbocycles. The Kier molecular flexibility index (Phi) is 3.78. The van der Waals surface area contributed by atoms with E-state index in [9.17, 15) is 5.11 Å². The van der Waals surface area contributed by atoms with E-state index in [4.69, 9.17) is 17.3 Å². The fourth-order valence-corrected chi connectivity index (χ4v) is 1.75. The molecule has 0 fully saturated rings. The molecule has 0 spiro atoms. The van der Waals surface area contributed by atoms with Crippen LogP contribution >= 0.6 is 11.6 Å². The molecule has 0 aliphatic heterocycles. The van der Waals surface area contributed by atoms with Gasteiger partial charge in [-0.2, -0.15) is 0 Å². The van der Waals surface area contributed by atoms with Crippen LogP contribution in [0.3, 0.4) is 0 Å². The lowest BCUT2D eigenvalue weighted by atomic mass is 10.0. The largest absolute Gasteiger partial charge is 0.507 e. The maximum absolute atomic E-state index is 9.85. The first-order chi connectivity index (χ1) is 6.54. The summed E-state index contributed by atoms with van der Waals surface area (Å²) < 4.78 is 0. The first kappa shape index (κ1) is 11.3. The van der Waals surface area contributed by atoms with Crippen LogP contribution in [0.4, 0.5) is 0 Å². The summed E-state index contributed by atoms with van der Waals surface area (Å²) in [6.07, 6.45) is 1.43. The van der Waals surface area contributed by atoms with E-state index in [0.717, 1.165) is 17.5 Å². The lowest BCUT2D eigenvalue weighted by Crippen LogP contribution is -2.18. The molecule has 0 radical (unpaired) electrons. The smallest absolute Gasteiger partial charge is 0.122 e. The molecule has 0 aliphatic carbocycles. The lowest BCUT2D eigenvalue weighted by Gasteiger charge is -2.11. The highest BCUT2D eigenvalue weighted by Gasteiger charge is 2.09. The van der Waals surface area contributed by atoms with Crippen molar-refractivity contribution in [1.29, 1.82) is 0 Å². The Bertz CT molecular complexity index is 323. The van der Waals surface area contributed by atoms with Crippen LogP contribution in [0.1, 0.15) is 25.0 Å². The molecule has 1 atom stereocenters. The molecular weight excluding hydrogens is 198 g/mol. The molecule has 1 rings (SSSR count). The van der Waals surface area contributed by atoms with Gasteiger partial charge in [-0.15, -0.1) is 0 Å². The van der Waals surface area contributed by atoms with E-state index in [1.807, 2.05) is 13.8 Å². The molecule has 0 heterocycles. The predicted molar refractivity (Wildman–Crippen MR) is 59.8 cm³/mol. The van der Waals surface area contributed by atoms with E-state index in [0.29, 0.717) is 17.2 Å². The molecule has 14 heavy (non-hydrogen) atoms. The van der Waals surface area contributed by atoms with Crippen molar-refractivity contribution in [3.05, 3.63) is 28.3 Å². The minimum absolute atomic E-state index is 0.0315. The lowest BCUT2D eigenvalue weighted by molar-refractivity contribution is 0.459. The Morgan fingerprint density at radius 1 is 1.43 bits per heavy atom.